The average molecular weight is 362 g/mol. The first-order chi connectivity index (χ1) is 11.2. The molecular formula is C13H19N2O8P. The zero-order valence-corrected chi connectivity index (χ0v) is 14.2. The van der Waals surface area contributed by atoms with Crippen LogP contribution >= 0.6 is 7.60 Å². The van der Waals surface area contributed by atoms with Gasteiger partial charge in [-0.1, -0.05) is 0 Å². The summed E-state index contributed by atoms with van der Waals surface area (Å²) in [6.07, 6.45) is -1.95. The van der Waals surface area contributed by atoms with E-state index in [0.29, 0.717) is 0 Å². The van der Waals surface area contributed by atoms with Crippen LogP contribution in [0.5, 0.6) is 0 Å². The first kappa shape index (κ1) is 18.8. The Hall–Kier alpha value is -1.55. The lowest BCUT2D eigenvalue weighted by Crippen LogP contribution is -2.39. The molecular weight excluding hydrogens is 343 g/mol. The van der Waals surface area contributed by atoms with E-state index in [9.17, 15) is 14.2 Å². The number of nitrogens with one attached hydrogen (secondary N) is 1. The van der Waals surface area contributed by atoms with E-state index in [4.69, 9.17) is 24.0 Å². The van der Waals surface area contributed by atoms with Crippen molar-refractivity contribution in [3.05, 3.63) is 44.5 Å². The van der Waals surface area contributed by atoms with Crippen molar-refractivity contribution in [1.29, 1.82) is 0 Å². The first-order valence-electron chi connectivity index (χ1n) is 6.95. The number of rotatable bonds is 5. The third kappa shape index (κ3) is 3.92. The van der Waals surface area contributed by atoms with Gasteiger partial charge in [0, 0.05) is 32.3 Å². The summed E-state index contributed by atoms with van der Waals surface area (Å²) in [6.45, 7) is 1.49. The van der Waals surface area contributed by atoms with Crippen molar-refractivity contribution in [2.75, 3.05) is 14.2 Å². The van der Waals surface area contributed by atoms with E-state index >= 15 is 0 Å². The van der Waals surface area contributed by atoms with Crippen LogP contribution in [0.3, 0.4) is 0 Å². The summed E-state index contributed by atoms with van der Waals surface area (Å²) in [5, 5.41) is 0. The highest BCUT2D eigenvalue weighted by Gasteiger charge is 2.47. The molecule has 0 saturated carbocycles. The summed E-state index contributed by atoms with van der Waals surface area (Å²) in [6, 6.07) is 1.16. The molecule has 10 nitrogen and oxygen atoms in total. The largest absolute Gasteiger partial charge is 0.375 e. The number of methoxy groups -OCH3 is 2. The maximum atomic E-state index is 12.0. The van der Waals surface area contributed by atoms with Crippen LogP contribution in [0, 0.1) is 0 Å². The van der Waals surface area contributed by atoms with Crippen molar-refractivity contribution in [3.8, 4) is 0 Å². The van der Waals surface area contributed by atoms with Gasteiger partial charge in [-0.3, -0.25) is 18.9 Å². The molecule has 1 aromatic rings. The molecule has 1 saturated heterocycles. The third-order valence-corrected chi connectivity index (χ3v) is 4.42. The van der Waals surface area contributed by atoms with Gasteiger partial charge in [0.05, 0.1) is 0 Å². The smallest absolute Gasteiger partial charge is 0.349 e. The van der Waals surface area contributed by atoms with Crippen LogP contribution in [-0.4, -0.2) is 51.9 Å². The molecule has 0 aromatic carbocycles. The van der Waals surface area contributed by atoms with Gasteiger partial charge in [0.25, 0.3) is 5.56 Å². The van der Waals surface area contributed by atoms with Crippen molar-refractivity contribution in [3.63, 3.8) is 0 Å². The van der Waals surface area contributed by atoms with E-state index in [0.717, 1.165) is 16.5 Å². The minimum Gasteiger partial charge on any atom is -0.375 e. The van der Waals surface area contributed by atoms with E-state index in [1.54, 1.807) is 0 Å². The lowest BCUT2D eigenvalue weighted by molar-refractivity contribution is -0.0539. The van der Waals surface area contributed by atoms with Crippen molar-refractivity contribution in [2.24, 2.45) is 0 Å². The second-order valence-electron chi connectivity index (χ2n) is 5.33. The van der Waals surface area contributed by atoms with Gasteiger partial charge in [-0.05, 0) is 12.5 Å². The van der Waals surface area contributed by atoms with Gasteiger partial charge in [0.2, 0.25) is 0 Å². The van der Waals surface area contributed by atoms with Gasteiger partial charge >= 0.3 is 13.3 Å². The number of aromatic nitrogens is 2. The third-order valence-electron chi connectivity index (χ3n) is 3.68. The summed E-state index contributed by atoms with van der Waals surface area (Å²) in [5.41, 5.74) is -1.00. The number of aromatic amines is 1. The molecule has 3 N–H and O–H groups in total. The van der Waals surface area contributed by atoms with Gasteiger partial charge < -0.3 is 24.0 Å². The van der Waals surface area contributed by atoms with E-state index in [1.165, 1.54) is 27.3 Å². The van der Waals surface area contributed by atoms with Gasteiger partial charge in [0.15, 0.2) is 6.23 Å². The number of ether oxygens (including phenoxy) is 3. The van der Waals surface area contributed by atoms with Gasteiger partial charge in [-0.15, -0.1) is 0 Å². The lowest BCUT2D eigenvalue weighted by atomic mass is 10.0. The van der Waals surface area contributed by atoms with Crippen LogP contribution in [-0.2, 0) is 18.8 Å². The van der Waals surface area contributed by atoms with Crippen LogP contribution < -0.4 is 11.2 Å². The fourth-order valence-electron chi connectivity index (χ4n) is 2.70. The molecule has 1 aliphatic rings. The maximum Gasteiger partial charge on any atom is 0.349 e. The summed E-state index contributed by atoms with van der Waals surface area (Å²) in [5.74, 6) is 0.786. The number of hydrogen-bond acceptors (Lipinski definition) is 6. The molecule has 0 bridgehead atoms. The maximum absolute atomic E-state index is 12.0. The van der Waals surface area contributed by atoms with E-state index in [-0.39, 0.29) is 5.57 Å². The Morgan fingerprint density at radius 2 is 1.96 bits per heavy atom. The van der Waals surface area contributed by atoms with Crippen LogP contribution in [0.1, 0.15) is 13.2 Å². The average Bonchev–Trinajstić information content (AvgIpc) is 2.83. The van der Waals surface area contributed by atoms with E-state index in [1.807, 2.05) is 0 Å². The predicted molar refractivity (Wildman–Crippen MR) is 82.6 cm³/mol. The SMILES string of the molecule is COC1[C@@H](/C(C)=C/P(=O)(O)O)O[C@@H](n2ccc(=O)[nH]c2=O)[C@H]1OC. The van der Waals surface area contributed by atoms with Gasteiger partial charge in [-0.25, -0.2) is 4.79 Å². The van der Waals surface area contributed by atoms with Crippen molar-refractivity contribution in [1.82, 2.24) is 9.55 Å². The molecule has 1 aliphatic heterocycles. The summed E-state index contributed by atoms with van der Waals surface area (Å²) < 4.78 is 28.8. The summed E-state index contributed by atoms with van der Waals surface area (Å²) in [7, 11) is -1.61. The molecule has 0 aliphatic carbocycles. The van der Waals surface area contributed by atoms with Crippen LogP contribution in [0.15, 0.2) is 33.2 Å². The van der Waals surface area contributed by atoms with E-state index in [2.05, 4.69) is 4.98 Å². The topological polar surface area (TPSA) is 140 Å². The Morgan fingerprint density at radius 1 is 1.33 bits per heavy atom. The lowest BCUT2D eigenvalue weighted by Gasteiger charge is -2.22. The molecule has 1 unspecified atom stereocenters. The van der Waals surface area contributed by atoms with Gasteiger partial charge in [0.1, 0.15) is 18.3 Å². The molecule has 11 heteroatoms. The van der Waals surface area contributed by atoms with Crippen molar-refractivity contribution < 1.29 is 28.6 Å². The fraction of sp³-hybridized carbons (Fsp3) is 0.538. The predicted octanol–water partition coefficient (Wildman–Crippen LogP) is -0.454. The summed E-state index contributed by atoms with van der Waals surface area (Å²) in [4.78, 5) is 43.5. The highest BCUT2D eigenvalue weighted by molar-refractivity contribution is 7.55. The molecule has 4 atom stereocenters. The van der Waals surface area contributed by atoms with Crippen LogP contribution in [0.2, 0.25) is 0 Å². The van der Waals surface area contributed by atoms with E-state index < -0.39 is 43.4 Å². The molecule has 0 radical (unpaired) electrons. The Balaban J connectivity index is 2.44. The minimum atomic E-state index is -4.40. The Morgan fingerprint density at radius 3 is 2.46 bits per heavy atom. The quantitative estimate of drug-likeness (QED) is 0.598. The Bertz CT molecular complexity index is 779. The standard InChI is InChI=1S/C13H19N2O8P/c1-7(6-24(18,19)20)9-10(21-2)11(22-3)12(23-9)15-5-4-8(16)14-13(15)17/h4-6,9-12H,1-3H3,(H,14,16,17)(H2,18,19,20)/b7-6+/t9-,10?,11+,12-/m1/s1. The van der Waals surface area contributed by atoms with Crippen molar-refractivity contribution in [2.45, 2.75) is 31.5 Å². The minimum absolute atomic E-state index is 0.247. The molecule has 134 valence electrons. The fourth-order valence-corrected chi connectivity index (χ4v) is 3.38. The Labute approximate surface area is 136 Å². The van der Waals surface area contributed by atoms with Crippen molar-refractivity contribution >= 4 is 7.60 Å². The number of hydrogen-bond donors (Lipinski definition) is 3. The summed E-state index contributed by atoms with van der Waals surface area (Å²) >= 11 is 0. The zero-order chi connectivity index (χ0) is 18.1. The van der Waals surface area contributed by atoms with Gasteiger partial charge in [-0.2, -0.15) is 0 Å². The highest BCUT2D eigenvalue weighted by atomic mass is 31.2. The van der Waals surface area contributed by atoms with Crippen LogP contribution in [0.4, 0.5) is 0 Å². The number of nitrogens with zero attached hydrogens (tertiary/aromatic N) is 1. The second-order valence-corrected chi connectivity index (χ2v) is 6.76. The monoisotopic (exact) mass is 362 g/mol. The molecule has 0 spiro atoms. The normalized spacial score (nSPS) is 28.3. The molecule has 1 aromatic heterocycles. The Kier molecular flexibility index (Phi) is 5.59. The zero-order valence-electron chi connectivity index (χ0n) is 13.3. The molecule has 0 amide bonds. The molecule has 24 heavy (non-hydrogen) atoms. The number of H-pyrrole nitrogens is 1. The molecule has 2 heterocycles. The molecule has 1 fully saturated rings. The first-order valence-corrected chi connectivity index (χ1v) is 8.63. The second kappa shape index (κ2) is 7.14. The highest BCUT2D eigenvalue weighted by Crippen LogP contribution is 2.42. The molecule has 2 rings (SSSR count). The van der Waals surface area contributed by atoms with Crippen LogP contribution in [0.25, 0.3) is 0 Å².